The molecule has 0 atom stereocenters. The molecule has 0 fully saturated rings. The van der Waals surface area contributed by atoms with Gasteiger partial charge in [-0.15, -0.1) is 0 Å². The number of amides is 1. The molecule has 3 rings (SSSR count). The molecule has 33 heavy (non-hydrogen) atoms. The maximum atomic E-state index is 12.9. The second-order valence-corrected chi connectivity index (χ2v) is 8.68. The molecule has 0 unspecified atom stereocenters. The zero-order valence-corrected chi connectivity index (χ0v) is 18.4. The molecular weight excluding hydrogens is 459 g/mol. The van der Waals surface area contributed by atoms with Gasteiger partial charge in [0.2, 0.25) is 5.91 Å². The third kappa shape index (κ3) is 6.01. The van der Waals surface area contributed by atoms with Crippen LogP contribution in [0.25, 0.3) is 12.2 Å². The molecule has 0 saturated heterocycles. The number of carbonyl (C=O) groups excluding carboxylic acids is 1. The quantitative estimate of drug-likeness (QED) is 0.478. The van der Waals surface area contributed by atoms with Crippen LogP contribution >= 0.6 is 0 Å². The lowest BCUT2D eigenvalue weighted by molar-refractivity contribution is -0.137. The van der Waals surface area contributed by atoms with Crippen molar-refractivity contribution < 1.29 is 30.9 Å². The first-order valence-electron chi connectivity index (χ1n) is 9.74. The Labute approximate surface area is 188 Å². The van der Waals surface area contributed by atoms with Gasteiger partial charge >= 0.3 is 6.18 Å². The second-order valence-electron chi connectivity index (χ2n) is 7.00. The average Bonchev–Trinajstić information content (AvgIpc) is 3.11. The Morgan fingerprint density at radius 3 is 2.45 bits per heavy atom. The summed E-state index contributed by atoms with van der Waals surface area (Å²) in [5, 5.41) is 6.53. The topological polar surface area (TPSA) is 101 Å². The van der Waals surface area contributed by atoms with Gasteiger partial charge in [-0.2, -0.15) is 13.2 Å². The fraction of sp³-hybridized carbons (Fsp3) is 0.182. The van der Waals surface area contributed by atoms with E-state index in [0.717, 1.165) is 18.2 Å². The Morgan fingerprint density at radius 2 is 1.82 bits per heavy atom. The molecule has 0 bridgehead atoms. The summed E-state index contributed by atoms with van der Waals surface area (Å²) in [4.78, 5) is 11.5. The van der Waals surface area contributed by atoms with Crippen LogP contribution in [-0.4, -0.2) is 19.5 Å². The molecule has 1 aromatic heterocycles. The van der Waals surface area contributed by atoms with Crippen LogP contribution in [0.1, 0.15) is 35.9 Å². The Bertz CT molecular complexity index is 1280. The molecule has 0 saturated carbocycles. The molecule has 0 spiro atoms. The predicted molar refractivity (Wildman–Crippen MR) is 118 cm³/mol. The number of nitrogens with zero attached hydrogens (tertiary/aromatic N) is 1. The number of nitrogens with one attached hydrogen (secondary N) is 2. The van der Waals surface area contributed by atoms with E-state index in [1.807, 2.05) is 0 Å². The van der Waals surface area contributed by atoms with Crippen molar-refractivity contribution >= 4 is 39.5 Å². The highest BCUT2D eigenvalue weighted by Crippen LogP contribution is 2.31. The molecule has 1 heterocycles. The number of hydrogen-bond acceptors (Lipinski definition) is 5. The number of alkyl halides is 3. The predicted octanol–water partition coefficient (Wildman–Crippen LogP) is 5.32. The van der Waals surface area contributed by atoms with E-state index in [1.165, 1.54) is 30.3 Å². The lowest BCUT2D eigenvalue weighted by Gasteiger charge is -2.11. The minimum atomic E-state index is -4.59. The number of aryl methyl sites for hydroxylation is 1. The molecule has 7 nitrogen and oxygen atoms in total. The van der Waals surface area contributed by atoms with Gasteiger partial charge in [0, 0.05) is 12.1 Å². The van der Waals surface area contributed by atoms with E-state index in [2.05, 4.69) is 15.2 Å². The number of rotatable bonds is 7. The molecule has 2 N–H and O–H groups in total. The van der Waals surface area contributed by atoms with Crippen molar-refractivity contribution in [3.05, 3.63) is 71.1 Å². The van der Waals surface area contributed by atoms with Crippen LogP contribution in [0.3, 0.4) is 0 Å². The van der Waals surface area contributed by atoms with E-state index < -0.39 is 21.8 Å². The van der Waals surface area contributed by atoms with E-state index in [-0.39, 0.29) is 22.9 Å². The monoisotopic (exact) mass is 479 g/mol. The Hall–Kier alpha value is -3.60. The van der Waals surface area contributed by atoms with Crippen molar-refractivity contribution in [3.8, 4) is 0 Å². The standard InChI is InChI=1S/C22H20F3N3O4S/c1-3-20(29)26-21-14(2)27-32-19(21)12-9-15-7-10-18(11-8-15)33(30,31)28-17-6-4-5-16(13-17)22(23,24)25/h4-13,28H,3H2,1-2H3,(H,26,29). The first-order chi connectivity index (χ1) is 15.5. The first-order valence-corrected chi connectivity index (χ1v) is 11.2. The first kappa shape index (κ1) is 24.1. The lowest BCUT2D eigenvalue weighted by Crippen LogP contribution is -2.14. The Balaban J connectivity index is 1.76. The summed E-state index contributed by atoms with van der Waals surface area (Å²) in [6, 6.07) is 9.61. The summed E-state index contributed by atoms with van der Waals surface area (Å²) in [5.74, 6) is 0.135. The number of aromatic nitrogens is 1. The van der Waals surface area contributed by atoms with Crippen LogP contribution < -0.4 is 10.0 Å². The Morgan fingerprint density at radius 1 is 1.12 bits per heavy atom. The van der Waals surface area contributed by atoms with E-state index in [1.54, 1.807) is 26.0 Å². The third-order valence-corrected chi connectivity index (χ3v) is 5.93. The van der Waals surface area contributed by atoms with Gasteiger partial charge in [0.25, 0.3) is 10.0 Å². The molecule has 3 aromatic rings. The highest BCUT2D eigenvalue weighted by molar-refractivity contribution is 7.92. The number of carbonyl (C=O) groups is 1. The van der Waals surface area contributed by atoms with Gasteiger partial charge in [0.1, 0.15) is 11.4 Å². The van der Waals surface area contributed by atoms with Crippen molar-refractivity contribution in [2.24, 2.45) is 0 Å². The van der Waals surface area contributed by atoms with Crippen molar-refractivity contribution in [3.63, 3.8) is 0 Å². The lowest BCUT2D eigenvalue weighted by atomic mass is 10.2. The normalized spacial score (nSPS) is 12.2. The van der Waals surface area contributed by atoms with Crippen LogP contribution in [-0.2, 0) is 21.0 Å². The van der Waals surface area contributed by atoms with Gasteiger partial charge in [0.15, 0.2) is 5.76 Å². The third-order valence-electron chi connectivity index (χ3n) is 4.53. The van der Waals surface area contributed by atoms with Gasteiger partial charge in [-0.25, -0.2) is 8.42 Å². The van der Waals surface area contributed by atoms with E-state index >= 15 is 0 Å². The number of sulfonamides is 1. The second kappa shape index (κ2) is 9.49. The van der Waals surface area contributed by atoms with Crippen LogP contribution in [0.2, 0.25) is 0 Å². The number of anilines is 2. The van der Waals surface area contributed by atoms with Gasteiger partial charge in [-0.1, -0.05) is 36.4 Å². The summed E-state index contributed by atoms with van der Waals surface area (Å²) in [5.41, 5.74) is 0.424. The molecule has 0 aliphatic heterocycles. The maximum absolute atomic E-state index is 12.9. The Kier molecular flexibility index (Phi) is 6.92. The molecule has 0 radical (unpaired) electrons. The van der Waals surface area contributed by atoms with Crippen molar-refractivity contribution in [1.29, 1.82) is 0 Å². The van der Waals surface area contributed by atoms with Gasteiger partial charge in [-0.05, 0) is 48.9 Å². The molecular formula is C22H20F3N3O4S. The summed E-state index contributed by atoms with van der Waals surface area (Å²) >= 11 is 0. The van der Waals surface area contributed by atoms with Crippen LogP contribution in [0.4, 0.5) is 24.5 Å². The van der Waals surface area contributed by atoms with Gasteiger partial charge in [0.05, 0.1) is 10.5 Å². The fourth-order valence-corrected chi connectivity index (χ4v) is 3.83. The summed E-state index contributed by atoms with van der Waals surface area (Å²) < 4.78 is 71.0. The summed E-state index contributed by atoms with van der Waals surface area (Å²) in [6.45, 7) is 3.40. The van der Waals surface area contributed by atoms with E-state index in [9.17, 15) is 26.4 Å². The van der Waals surface area contributed by atoms with Crippen LogP contribution in [0, 0.1) is 6.92 Å². The van der Waals surface area contributed by atoms with E-state index in [4.69, 9.17) is 4.52 Å². The highest BCUT2D eigenvalue weighted by Gasteiger charge is 2.30. The largest absolute Gasteiger partial charge is 0.416 e. The SMILES string of the molecule is CCC(=O)Nc1c(C)noc1C=Cc1ccc(S(=O)(=O)Nc2cccc(C(F)(F)F)c2)cc1. The smallest absolute Gasteiger partial charge is 0.354 e. The number of benzene rings is 2. The van der Waals surface area contributed by atoms with Crippen molar-refractivity contribution in [2.45, 2.75) is 31.3 Å². The zero-order chi connectivity index (χ0) is 24.2. The van der Waals surface area contributed by atoms with Gasteiger partial charge < -0.3 is 9.84 Å². The molecule has 11 heteroatoms. The van der Waals surface area contributed by atoms with E-state index in [0.29, 0.717) is 22.7 Å². The molecule has 2 aromatic carbocycles. The number of hydrogen-bond donors (Lipinski definition) is 2. The van der Waals surface area contributed by atoms with Crippen LogP contribution in [0.15, 0.2) is 57.9 Å². The van der Waals surface area contributed by atoms with Crippen molar-refractivity contribution in [2.75, 3.05) is 10.0 Å². The summed E-state index contributed by atoms with van der Waals surface area (Å²) in [6.07, 6.45) is -1.08. The fourth-order valence-electron chi connectivity index (χ4n) is 2.78. The minimum Gasteiger partial charge on any atom is -0.354 e. The minimum absolute atomic E-state index is 0.122. The number of halogens is 3. The van der Waals surface area contributed by atoms with Crippen molar-refractivity contribution in [1.82, 2.24) is 5.16 Å². The molecule has 0 aliphatic carbocycles. The average molecular weight is 479 g/mol. The molecule has 174 valence electrons. The highest BCUT2D eigenvalue weighted by atomic mass is 32.2. The maximum Gasteiger partial charge on any atom is 0.416 e. The van der Waals surface area contributed by atoms with Crippen LogP contribution in [0.5, 0.6) is 0 Å². The zero-order valence-electron chi connectivity index (χ0n) is 17.6. The molecule has 1 amide bonds. The molecule has 0 aliphatic rings. The van der Waals surface area contributed by atoms with Gasteiger partial charge in [-0.3, -0.25) is 9.52 Å². The summed E-state index contributed by atoms with van der Waals surface area (Å²) in [7, 11) is -4.10.